The molecule has 0 aliphatic carbocycles. The lowest BCUT2D eigenvalue weighted by molar-refractivity contribution is 0.855. The fourth-order valence-electron chi connectivity index (χ4n) is 2.20. The Hall–Kier alpha value is -1.83. The van der Waals surface area contributed by atoms with Crippen molar-refractivity contribution in [2.75, 3.05) is 0 Å². The maximum Gasteiger partial charge on any atom is 0.252 e. The van der Waals surface area contributed by atoms with Crippen LogP contribution in [0.2, 0.25) is 0 Å². The molecule has 0 spiro atoms. The maximum atomic E-state index is 12.1. The van der Waals surface area contributed by atoms with Gasteiger partial charge in [-0.3, -0.25) is 4.79 Å². The molecule has 88 valence electrons. The summed E-state index contributed by atoms with van der Waals surface area (Å²) in [7, 11) is 0. The van der Waals surface area contributed by atoms with E-state index in [2.05, 4.69) is 4.98 Å². The van der Waals surface area contributed by atoms with E-state index in [-0.39, 0.29) is 11.5 Å². The molecule has 17 heavy (non-hydrogen) atoms. The van der Waals surface area contributed by atoms with Crippen LogP contribution < -0.4 is 5.56 Å². The van der Waals surface area contributed by atoms with E-state index in [0.29, 0.717) is 0 Å². The number of H-pyrrole nitrogens is 1. The van der Waals surface area contributed by atoms with Gasteiger partial charge in [0.2, 0.25) is 0 Å². The molecular formula is C15H17NO. The lowest BCUT2D eigenvalue weighted by Gasteiger charge is -2.11. The van der Waals surface area contributed by atoms with Gasteiger partial charge in [0.1, 0.15) is 0 Å². The highest BCUT2D eigenvalue weighted by Crippen LogP contribution is 2.24. The van der Waals surface area contributed by atoms with Crippen LogP contribution in [-0.4, -0.2) is 4.98 Å². The molecule has 1 N–H and O–H groups in total. The molecule has 0 atom stereocenters. The van der Waals surface area contributed by atoms with Gasteiger partial charge < -0.3 is 4.98 Å². The van der Waals surface area contributed by atoms with Crippen molar-refractivity contribution in [1.82, 2.24) is 4.98 Å². The highest BCUT2D eigenvalue weighted by molar-refractivity contribution is 5.91. The van der Waals surface area contributed by atoms with Crippen LogP contribution in [0.4, 0.5) is 0 Å². The van der Waals surface area contributed by atoms with Gasteiger partial charge in [0.25, 0.3) is 5.56 Å². The van der Waals surface area contributed by atoms with Crippen LogP contribution in [0.25, 0.3) is 16.8 Å². The molecule has 0 fully saturated rings. The van der Waals surface area contributed by atoms with Gasteiger partial charge in [-0.25, -0.2) is 0 Å². The van der Waals surface area contributed by atoms with Gasteiger partial charge in [-0.15, -0.1) is 0 Å². The van der Waals surface area contributed by atoms with Gasteiger partial charge in [0.05, 0.1) is 0 Å². The predicted molar refractivity (Wildman–Crippen MR) is 73.4 cm³/mol. The number of hydrogen-bond acceptors (Lipinski definition) is 1. The van der Waals surface area contributed by atoms with Crippen LogP contribution >= 0.6 is 0 Å². The zero-order chi connectivity index (χ0) is 12.4. The van der Waals surface area contributed by atoms with Crippen molar-refractivity contribution in [1.29, 1.82) is 0 Å². The summed E-state index contributed by atoms with van der Waals surface area (Å²) in [6.45, 7) is 6.04. The second-order valence-corrected chi connectivity index (χ2v) is 4.48. The smallest absolute Gasteiger partial charge is 0.252 e. The van der Waals surface area contributed by atoms with Gasteiger partial charge in [-0.2, -0.15) is 0 Å². The van der Waals surface area contributed by atoms with Crippen LogP contribution in [-0.2, 0) is 0 Å². The van der Waals surface area contributed by atoms with Crippen LogP contribution in [0.1, 0.15) is 37.9 Å². The molecule has 0 unspecified atom stereocenters. The maximum absolute atomic E-state index is 12.1. The standard InChI is InChI=1S/C15H17NO/c1-4-7-13-11-8-5-6-9-12(11)14(10(2)3)15(17)16-13/h4-10H,1-3H3,(H,16,17)/b7-4+. The summed E-state index contributed by atoms with van der Waals surface area (Å²) in [4.78, 5) is 15.0. The Labute approximate surface area is 101 Å². The van der Waals surface area contributed by atoms with E-state index in [1.54, 1.807) is 0 Å². The van der Waals surface area contributed by atoms with Crippen molar-refractivity contribution in [2.24, 2.45) is 0 Å². The van der Waals surface area contributed by atoms with Gasteiger partial charge in [0, 0.05) is 16.6 Å². The number of allylic oxidation sites excluding steroid dienone is 1. The zero-order valence-electron chi connectivity index (χ0n) is 10.4. The molecule has 0 saturated heterocycles. The average molecular weight is 227 g/mol. The SMILES string of the molecule is C/C=C/c1[nH]c(=O)c(C(C)C)c2ccccc12. The number of hydrogen-bond donors (Lipinski definition) is 1. The van der Waals surface area contributed by atoms with E-state index in [4.69, 9.17) is 0 Å². The molecule has 0 radical (unpaired) electrons. The summed E-state index contributed by atoms with van der Waals surface area (Å²) in [5.74, 6) is 0.225. The molecule has 2 rings (SSSR count). The second kappa shape index (κ2) is 4.58. The normalized spacial score (nSPS) is 11.8. The Morgan fingerprint density at radius 2 is 1.82 bits per heavy atom. The average Bonchev–Trinajstić information content (AvgIpc) is 2.28. The molecule has 2 aromatic rings. The first-order valence-corrected chi connectivity index (χ1v) is 5.92. The van der Waals surface area contributed by atoms with E-state index in [0.717, 1.165) is 22.0 Å². The van der Waals surface area contributed by atoms with Crippen molar-refractivity contribution in [3.8, 4) is 0 Å². The first-order chi connectivity index (χ1) is 8.15. The molecular weight excluding hydrogens is 210 g/mol. The Morgan fingerprint density at radius 3 is 2.41 bits per heavy atom. The van der Waals surface area contributed by atoms with Crippen molar-refractivity contribution >= 4 is 16.8 Å². The largest absolute Gasteiger partial charge is 0.322 e. The number of nitrogens with one attached hydrogen (secondary N) is 1. The third kappa shape index (κ3) is 2.03. The molecule has 0 saturated carbocycles. The Morgan fingerprint density at radius 1 is 1.18 bits per heavy atom. The number of benzene rings is 1. The molecule has 0 bridgehead atoms. The molecule has 2 nitrogen and oxygen atoms in total. The number of aromatic amines is 1. The summed E-state index contributed by atoms with van der Waals surface area (Å²) in [6, 6.07) is 8.05. The third-order valence-electron chi connectivity index (χ3n) is 2.91. The fraction of sp³-hybridized carbons (Fsp3) is 0.267. The Kier molecular flexibility index (Phi) is 3.14. The van der Waals surface area contributed by atoms with E-state index in [9.17, 15) is 4.79 Å². The number of aromatic nitrogens is 1. The first-order valence-electron chi connectivity index (χ1n) is 5.92. The second-order valence-electron chi connectivity index (χ2n) is 4.48. The summed E-state index contributed by atoms with van der Waals surface area (Å²) in [5, 5.41) is 2.16. The van der Waals surface area contributed by atoms with Crippen LogP contribution in [0.15, 0.2) is 35.1 Å². The summed E-state index contributed by atoms with van der Waals surface area (Å²) >= 11 is 0. The Bertz CT molecular complexity index is 620. The molecule has 2 heteroatoms. The highest BCUT2D eigenvalue weighted by atomic mass is 16.1. The van der Waals surface area contributed by atoms with Crippen LogP contribution in [0.5, 0.6) is 0 Å². The lowest BCUT2D eigenvalue weighted by Crippen LogP contribution is -2.15. The van der Waals surface area contributed by atoms with Gasteiger partial charge in [0.15, 0.2) is 0 Å². The monoisotopic (exact) mass is 227 g/mol. The van der Waals surface area contributed by atoms with E-state index in [1.165, 1.54) is 0 Å². The minimum atomic E-state index is 0.0202. The van der Waals surface area contributed by atoms with E-state index >= 15 is 0 Å². The molecule has 1 heterocycles. The highest BCUT2D eigenvalue weighted by Gasteiger charge is 2.11. The number of pyridine rings is 1. The molecule has 1 aromatic carbocycles. The van der Waals surface area contributed by atoms with Crippen LogP contribution in [0.3, 0.4) is 0 Å². The number of fused-ring (bicyclic) bond motifs is 1. The first kappa shape index (κ1) is 11.6. The Balaban J connectivity index is 2.92. The van der Waals surface area contributed by atoms with Crippen LogP contribution in [0, 0.1) is 0 Å². The minimum Gasteiger partial charge on any atom is -0.322 e. The van der Waals surface area contributed by atoms with Crippen molar-refractivity contribution in [3.05, 3.63) is 52.0 Å². The summed E-state index contributed by atoms with van der Waals surface area (Å²) < 4.78 is 0. The zero-order valence-corrected chi connectivity index (χ0v) is 10.4. The minimum absolute atomic E-state index is 0.0202. The summed E-state index contributed by atoms with van der Waals surface area (Å²) in [5.41, 5.74) is 1.78. The molecule has 1 aromatic heterocycles. The van der Waals surface area contributed by atoms with Crippen molar-refractivity contribution < 1.29 is 0 Å². The van der Waals surface area contributed by atoms with Gasteiger partial charge >= 0.3 is 0 Å². The fourth-order valence-corrected chi connectivity index (χ4v) is 2.20. The lowest BCUT2D eigenvalue weighted by atomic mass is 9.97. The summed E-state index contributed by atoms with van der Waals surface area (Å²) in [6.07, 6.45) is 3.88. The molecule has 0 aliphatic heterocycles. The van der Waals surface area contributed by atoms with Gasteiger partial charge in [-0.05, 0) is 24.3 Å². The van der Waals surface area contributed by atoms with E-state index < -0.39 is 0 Å². The molecule has 0 aliphatic rings. The third-order valence-corrected chi connectivity index (χ3v) is 2.91. The quantitative estimate of drug-likeness (QED) is 0.834. The number of rotatable bonds is 2. The molecule has 0 amide bonds. The van der Waals surface area contributed by atoms with Crippen molar-refractivity contribution in [2.45, 2.75) is 26.7 Å². The van der Waals surface area contributed by atoms with E-state index in [1.807, 2.05) is 57.2 Å². The van der Waals surface area contributed by atoms with Crippen molar-refractivity contribution in [3.63, 3.8) is 0 Å². The topological polar surface area (TPSA) is 32.9 Å². The van der Waals surface area contributed by atoms with Gasteiger partial charge in [-0.1, -0.05) is 44.2 Å². The predicted octanol–water partition coefficient (Wildman–Crippen LogP) is 3.68.